The molecule has 1 aliphatic carbocycles. The molecular weight excluding hydrogens is 236 g/mol. The maximum Gasteiger partial charge on any atom is 0.237 e. The molecule has 0 saturated carbocycles. The van der Waals surface area contributed by atoms with Crippen LogP contribution in [0.4, 0.5) is 0 Å². The molecule has 2 aliphatic heterocycles. The van der Waals surface area contributed by atoms with Crippen LogP contribution in [0, 0.1) is 5.92 Å². The third-order valence-corrected chi connectivity index (χ3v) is 4.92. The van der Waals surface area contributed by atoms with E-state index in [0.717, 1.165) is 18.4 Å². The minimum Gasteiger partial charge on any atom is -0.365 e. The Kier molecular flexibility index (Phi) is 2.15. The third kappa shape index (κ3) is 1.36. The fraction of sp³-hybridized carbons (Fsp3) is 0.615. The molecule has 0 radical (unpaired) electrons. The minimum atomic E-state index is 0.528. The molecule has 90 valence electrons. The molecule has 2 fully saturated rings. The molecule has 17 heavy (non-hydrogen) atoms. The van der Waals surface area contributed by atoms with Gasteiger partial charge in [0.2, 0.25) is 5.88 Å². The molecule has 0 amide bonds. The molecule has 1 aromatic rings. The molecule has 2 saturated heterocycles. The van der Waals surface area contributed by atoms with Crippen molar-refractivity contribution >= 4 is 11.9 Å². The average molecular weight is 251 g/mol. The van der Waals surface area contributed by atoms with E-state index in [1.807, 2.05) is 6.07 Å². The first-order valence-electron chi connectivity index (χ1n) is 6.41. The predicted octanol–water partition coefficient (Wildman–Crippen LogP) is 2.39. The molecule has 3 heterocycles. The van der Waals surface area contributed by atoms with E-state index in [4.69, 9.17) is 16.2 Å². The van der Waals surface area contributed by atoms with Crippen LogP contribution in [0.2, 0.25) is 0 Å². The highest BCUT2D eigenvalue weighted by Crippen LogP contribution is 2.50. The molecular formula is C13H15ClN2O. The van der Waals surface area contributed by atoms with Gasteiger partial charge in [-0.05, 0) is 37.2 Å². The quantitative estimate of drug-likeness (QED) is 0.831. The Morgan fingerprint density at radius 1 is 1.24 bits per heavy atom. The Morgan fingerprint density at radius 2 is 2.12 bits per heavy atom. The monoisotopic (exact) mass is 250 g/mol. The maximum absolute atomic E-state index is 5.37. The SMILES string of the molecule is ClOc1ccc2c(n1)CCC1C3CCC(N3)C21. The van der Waals surface area contributed by atoms with E-state index in [-0.39, 0.29) is 0 Å². The van der Waals surface area contributed by atoms with Crippen LogP contribution in [0.5, 0.6) is 5.88 Å². The first kappa shape index (κ1) is 10.2. The standard InChI is InChI=1S/C13H15ClN2O/c14-17-12-6-2-8-10(16-12)3-1-7-9-4-5-11(15-9)13(7)8/h2,6-7,9,11,13,15H,1,3-5H2. The lowest BCUT2D eigenvalue weighted by atomic mass is 9.69. The van der Waals surface area contributed by atoms with Gasteiger partial charge in [0.25, 0.3) is 0 Å². The second-order valence-electron chi connectivity index (χ2n) is 5.45. The Bertz CT molecular complexity index is 465. The highest BCUT2D eigenvalue weighted by Gasteiger charge is 2.49. The first-order valence-corrected chi connectivity index (χ1v) is 6.72. The zero-order chi connectivity index (χ0) is 11.4. The Labute approximate surface area is 106 Å². The summed E-state index contributed by atoms with van der Waals surface area (Å²) in [4.78, 5) is 4.49. The second-order valence-corrected chi connectivity index (χ2v) is 5.60. The van der Waals surface area contributed by atoms with E-state index in [0.29, 0.717) is 17.8 Å². The number of rotatable bonds is 1. The molecule has 4 rings (SSSR count). The molecule has 3 nitrogen and oxygen atoms in total. The van der Waals surface area contributed by atoms with E-state index in [2.05, 4.69) is 16.4 Å². The van der Waals surface area contributed by atoms with Crippen LogP contribution in [-0.4, -0.2) is 17.1 Å². The van der Waals surface area contributed by atoms with Gasteiger partial charge in [-0.25, -0.2) is 4.98 Å². The summed E-state index contributed by atoms with van der Waals surface area (Å²) in [6.45, 7) is 0. The van der Waals surface area contributed by atoms with Gasteiger partial charge in [0.1, 0.15) is 11.9 Å². The van der Waals surface area contributed by atoms with Gasteiger partial charge in [-0.2, -0.15) is 0 Å². The number of nitrogens with zero attached hydrogens (tertiary/aromatic N) is 1. The van der Waals surface area contributed by atoms with Crippen LogP contribution in [0.25, 0.3) is 0 Å². The van der Waals surface area contributed by atoms with Crippen molar-refractivity contribution in [3.05, 3.63) is 23.4 Å². The van der Waals surface area contributed by atoms with Crippen LogP contribution >= 0.6 is 11.9 Å². The average Bonchev–Trinajstić information content (AvgIpc) is 2.99. The molecule has 0 spiro atoms. The van der Waals surface area contributed by atoms with E-state index < -0.39 is 0 Å². The van der Waals surface area contributed by atoms with Crippen molar-refractivity contribution in [1.29, 1.82) is 0 Å². The summed E-state index contributed by atoms with van der Waals surface area (Å²) in [5.74, 6) is 2.03. The molecule has 2 bridgehead atoms. The number of aromatic nitrogens is 1. The van der Waals surface area contributed by atoms with Crippen LogP contribution in [0.1, 0.15) is 36.4 Å². The maximum atomic E-state index is 5.37. The van der Waals surface area contributed by atoms with Crippen molar-refractivity contribution in [3.8, 4) is 5.88 Å². The molecule has 0 aromatic carbocycles. The van der Waals surface area contributed by atoms with Gasteiger partial charge in [-0.15, -0.1) is 0 Å². The van der Waals surface area contributed by atoms with Crippen LogP contribution < -0.4 is 9.61 Å². The van der Waals surface area contributed by atoms with Gasteiger partial charge >= 0.3 is 0 Å². The largest absolute Gasteiger partial charge is 0.365 e. The summed E-state index contributed by atoms with van der Waals surface area (Å²) in [5.41, 5.74) is 2.62. The van der Waals surface area contributed by atoms with Gasteiger partial charge in [0, 0.05) is 29.8 Å². The smallest absolute Gasteiger partial charge is 0.237 e. The Hall–Kier alpha value is -0.800. The summed E-state index contributed by atoms with van der Waals surface area (Å²) in [7, 11) is 0. The van der Waals surface area contributed by atoms with Crippen molar-refractivity contribution in [2.24, 2.45) is 5.92 Å². The van der Waals surface area contributed by atoms with Gasteiger partial charge in [0.15, 0.2) is 0 Å². The number of nitrogens with one attached hydrogen (secondary N) is 1. The number of hydrogen-bond acceptors (Lipinski definition) is 3. The van der Waals surface area contributed by atoms with E-state index >= 15 is 0 Å². The fourth-order valence-electron chi connectivity index (χ4n) is 4.14. The Morgan fingerprint density at radius 3 is 3.00 bits per heavy atom. The number of fused-ring (bicyclic) bond motifs is 7. The van der Waals surface area contributed by atoms with E-state index in [1.165, 1.54) is 30.5 Å². The lowest BCUT2D eigenvalue weighted by molar-refractivity contribution is 0.316. The first-order chi connectivity index (χ1) is 8.36. The highest BCUT2D eigenvalue weighted by molar-refractivity contribution is 6.08. The number of hydrogen-bond donors (Lipinski definition) is 1. The predicted molar refractivity (Wildman–Crippen MR) is 65.2 cm³/mol. The van der Waals surface area contributed by atoms with Crippen molar-refractivity contribution in [2.45, 2.75) is 43.7 Å². The molecule has 1 aromatic heterocycles. The zero-order valence-electron chi connectivity index (χ0n) is 9.53. The van der Waals surface area contributed by atoms with Gasteiger partial charge in [-0.1, -0.05) is 6.07 Å². The van der Waals surface area contributed by atoms with Crippen LogP contribution in [0.3, 0.4) is 0 Å². The molecule has 4 unspecified atom stereocenters. The second kappa shape index (κ2) is 3.59. The van der Waals surface area contributed by atoms with E-state index in [1.54, 1.807) is 0 Å². The van der Waals surface area contributed by atoms with E-state index in [9.17, 15) is 0 Å². The van der Waals surface area contributed by atoms with Crippen LogP contribution in [-0.2, 0) is 6.42 Å². The normalized spacial score (nSPS) is 37.7. The molecule has 1 N–H and O–H groups in total. The number of pyridine rings is 1. The van der Waals surface area contributed by atoms with Gasteiger partial charge < -0.3 is 9.61 Å². The fourth-order valence-corrected chi connectivity index (χ4v) is 4.23. The van der Waals surface area contributed by atoms with Crippen molar-refractivity contribution in [1.82, 2.24) is 10.3 Å². The lowest BCUT2D eigenvalue weighted by Gasteiger charge is -2.34. The minimum absolute atomic E-state index is 0.528. The van der Waals surface area contributed by atoms with Gasteiger partial charge in [0.05, 0.1) is 0 Å². The van der Waals surface area contributed by atoms with Crippen molar-refractivity contribution in [2.75, 3.05) is 0 Å². The topological polar surface area (TPSA) is 34.1 Å². The van der Waals surface area contributed by atoms with Crippen molar-refractivity contribution < 1.29 is 4.29 Å². The Balaban J connectivity index is 1.77. The summed E-state index contributed by atoms with van der Waals surface area (Å²) in [5, 5.41) is 3.75. The molecule has 4 heteroatoms. The summed E-state index contributed by atoms with van der Waals surface area (Å²) < 4.78 is 4.70. The zero-order valence-corrected chi connectivity index (χ0v) is 10.3. The molecule has 4 atom stereocenters. The highest BCUT2D eigenvalue weighted by atomic mass is 35.5. The van der Waals surface area contributed by atoms with Crippen LogP contribution in [0.15, 0.2) is 12.1 Å². The number of halogens is 1. The summed E-state index contributed by atoms with van der Waals surface area (Å²) in [6.07, 6.45) is 5.00. The summed E-state index contributed by atoms with van der Waals surface area (Å²) >= 11 is 5.37. The lowest BCUT2D eigenvalue weighted by Crippen LogP contribution is -2.30. The number of aryl methyl sites for hydroxylation is 1. The summed E-state index contributed by atoms with van der Waals surface area (Å²) in [6, 6.07) is 5.48. The molecule has 3 aliphatic rings. The van der Waals surface area contributed by atoms with Gasteiger partial charge in [-0.3, -0.25) is 0 Å². The third-order valence-electron chi connectivity index (χ3n) is 4.76. The van der Waals surface area contributed by atoms with Crippen molar-refractivity contribution in [3.63, 3.8) is 0 Å².